The van der Waals surface area contributed by atoms with Crippen molar-refractivity contribution in [1.29, 1.82) is 0 Å². The lowest BCUT2D eigenvalue weighted by Crippen LogP contribution is -2.37. The lowest BCUT2D eigenvalue weighted by atomic mass is 10.2. The van der Waals surface area contributed by atoms with Gasteiger partial charge in [-0.3, -0.25) is 9.69 Å². The predicted molar refractivity (Wildman–Crippen MR) is 80.4 cm³/mol. The van der Waals surface area contributed by atoms with Crippen molar-refractivity contribution in [2.24, 2.45) is 0 Å². The van der Waals surface area contributed by atoms with E-state index in [0.717, 1.165) is 50.1 Å². The third kappa shape index (κ3) is 3.10. The molecule has 0 bridgehead atoms. The molecule has 0 aliphatic carbocycles. The second-order valence-electron chi connectivity index (χ2n) is 4.93. The molecule has 0 saturated carbocycles. The fraction of sp³-hybridized carbons (Fsp3) is 0.533. The summed E-state index contributed by atoms with van der Waals surface area (Å²) >= 11 is 6.05. The van der Waals surface area contributed by atoms with E-state index in [1.54, 1.807) is 12.1 Å². The Kier molecular flexibility index (Phi) is 4.83. The Morgan fingerprint density at radius 2 is 2.16 bits per heavy atom. The summed E-state index contributed by atoms with van der Waals surface area (Å²) in [6.45, 7) is 8.51. The van der Waals surface area contributed by atoms with E-state index in [4.69, 9.17) is 11.6 Å². The lowest BCUT2D eigenvalue weighted by Gasteiger charge is -2.27. The van der Waals surface area contributed by atoms with Gasteiger partial charge < -0.3 is 4.90 Å². The first-order chi connectivity index (χ1) is 9.19. The molecule has 0 amide bonds. The summed E-state index contributed by atoms with van der Waals surface area (Å²) in [4.78, 5) is 15.9. The Morgan fingerprint density at radius 1 is 1.42 bits per heavy atom. The molecule has 1 fully saturated rings. The van der Waals surface area contributed by atoms with Gasteiger partial charge in [0.15, 0.2) is 6.29 Å². The highest BCUT2D eigenvalue weighted by molar-refractivity contribution is 6.31. The Labute approximate surface area is 120 Å². The molecule has 1 unspecified atom stereocenters. The Hall–Kier alpha value is -1.06. The molecular formula is C15H21ClN2O. The quantitative estimate of drug-likeness (QED) is 0.775. The SMILES string of the molecule is CCN(CC)C1CCN(c2cc(Cl)ccc2C=O)C1. The van der Waals surface area contributed by atoms with Gasteiger partial charge in [-0.2, -0.15) is 0 Å². The summed E-state index contributed by atoms with van der Waals surface area (Å²) in [5, 5.41) is 0.687. The molecule has 1 aromatic rings. The molecule has 2 rings (SSSR count). The van der Waals surface area contributed by atoms with Crippen LogP contribution in [-0.4, -0.2) is 43.4 Å². The van der Waals surface area contributed by atoms with Crippen LogP contribution in [0.4, 0.5) is 5.69 Å². The number of rotatable bonds is 5. The number of carbonyl (C=O) groups excluding carboxylic acids is 1. The highest BCUT2D eigenvalue weighted by atomic mass is 35.5. The van der Waals surface area contributed by atoms with Crippen molar-refractivity contribution in [3.63, 3.8) is 0 Å². The zero-order chi connectivity index (χ0) is 13.8. The number of hydrogen-bond acceptors (Lipinski definition) is 3. The summed E-state index contributed by atoms with van der Waals surface area (Å²) in [7, 11) is 0. The third-order valence-electron chi connectivity index (χ3n) is 3.95. The first-order valence-corrected chi connectivity index (χ1v) is 7.31. The number of carbonyl (C=O) groups is 1. The smallest absolute Gasteiger partial charge is 0.152 e. The average Bonchev–Trinajstić information content (AvgIpc) is 2.89. The van der Waals surface area contributed by atoms with Crippen molar-refractivity contribution < 1.29 is 4.79 Å². The van der Waals surface area contributed by atoms with Crippen LogP contribution in [0.25, 0.3) is 0 Å². The van der Waals surface area contributed by atoms with Gasteiger partial charge >= 0.3 is 0 Å². The molecule has 1 aliphatic rings. The van der Waals surface area contributed by atoms with E-state index in [-0.39, 0.29) is 0 Å². The number of likely N-dealkylation sites (N-methyl/N-ethyl adjacent to an activating group) is 1. The fourth-order valence-electron chi connectivity index (χ4n) is 2.89. The van der Waals surface area contributed by atoms with Crippen molar-refractivity contribution in [3.8, 4) is 0 Å². The van der Waals surface area contributed by atoms with Crippen molar-refractivity contribution in [1.82, 2.24) is 4.90 Å². The number of aldehydes is 1. The molecule has 0 aromatic heterocycles. The van der Waals surface area contributed by atoms with E-state index in [9.17, 15) is 4.79 Å². The summed E-state index contributed by atoms with van der Waals surface area (Å²) < 4.78 is 0. The van der Waals surface area contributed by atoms with Crippen LogP contribution in [0.2, 0.25) is 5.02 Å². The maximum atomic E-state index is 11.1. The molecule has 0 N–H and O–H groups in total. The summed E-state index contributed by atoms with van der Waals surface area (Å²) in [6, 6.07) is 6.05. The molecule has 19 heavy (non-hydrogen) atoms. The molecule has 4 heteroatoms. The lowest BCUT2D eigenvalue weighted by molar-refractivity contribution is 0.112. The maximum Gasteiger partial charge on any atom is 0.152 e. The first-order valence-electron chi connectivity index (χ1n) is 6.93. The van der Waals surface area contributed by atoms with Crippen LogP contribution < -0.4 is 4.90 Å². The summed E-state index contributed by atoms with van der Waals surface area (Å²) in [5.41, 5.74) is 1.70. The zero-order valence-corrected chi connectivity index (χ0v) is 12.4. The van der Waals surface area contributed by atoms with E-state index in [0.29, 0.717) is 11.1 Å². The molecule has 1 aromatic carbocycles. The number of hydrogen-bond donors (Lipinski definition) is 0. The first kappa shape index (κ1) is 14.4. The van der Waals surface area contributed by atoms with Gasteiger partial charge in [0.2, 0.25) is 0 Å². The minimum atomic E-state index is 0.577. The summed E-state index contributed by atoms with van der Waals surface area (Å²) in [5.74, 6) is 0. The standard InChI is InChI=1S/C15H21ClN2O/c1-3-17(4-2)14-7-8-18(10-14)15-9-13(16)6-5-12(15)11-19/h5-6,9,11,14H,3-4,7-8,10H2,1-2H3. The van der Waals surface area contributed by atoms with Gasteiger partial charge in [-0.05, 0) is 37.7 Å². The Balaban J connectivity index is 2.16. The van der Waals surface area contributed by atoms with Crippen molar-refractivity contribution >= 4 is 23.6 Å². The number of halogens is 1. The van der Waals surface area contributed by atoms with Crippen LogP contribution >= 0.6 is 11.6 Å². The van der Waals surface area contributed by atoms with E-state index in [1.165, 1.54) is 0 Å². The van der Waals surface area contributed by atoms with Crippen LogP contribution in [0.15, 0.2) is 18.2 Å². The zero-order valence-electron chi connectivity index (χ0n) is 11.6. The van der Waals surface area contributed by atoms with E-state index in [2.05, 4.69) is 23.6 Å². The van der Waals surface area contributed by atoms with Gasteiger partial charge in [-0.15, -0.1) is 0 Å². The Morgan fingerprint density at radius 3 is 2.79 bits per heavy atom. The Bertz CT molecular complexity index is 446. The fourth-order valence-corrected chi connectivity index (χ4v) is 3.06. The minimum absolute atomic E-state index is 0.577. The van der Waals surface area contributed by atoms with Crippen molar-refractivity contribution in [2.45, 2.75) is 26.3 Å². The molecule has 3 nitrogen and oxygen atoms in total. The van der Waals surface area contributed by atoms with Gasteiger partial charge in [0.25, 0.3) is 0 Å². The van der Waals surface area contributed by atoms with E-state index >= 15 is 0 Å². The van der Waals surface area contributed by atoms with Gasteiger partial charge in [0, 0.05) is 35.4 Å². The molecule has 104 valence electrons. The van der Waals surface area contributed by atoms with Crippen LogP contribution in [0.1, 0.15) is 30.6 Å². The average molecular weight is 281 g/mol. The summed E-state index contributed by atoms with van der Waals surface area (Å²) in [6.07, 6.45) is 2.06. The van der Waals surface area contributed by atoms with Gasteiger partial charge in [0.1, 0.15) is 0 Å². The monoisotopic (exact) mass is 280 g/mol. The molecular weight excluding hydrogens is 260 g/mol. The molecule has 0 radical (unpaired) electrons. The minimum Gasteiger partial charge on any atom is -0.369 e. The van der Waals surface area contributed by atoms with Crippen LogP contribution in [-0.2, 0) is 0 Å². The van der Waals surface area contributed by atoms with Gasteiger partial charge in [0.05, 0.1) is 0 Å². The number of benzene rings is 1. The van der Waals surface area contributed by atoms with Crippen molar-refractivity contribution in [3.05, 3.63) is 28.8 Å². The van der Waals surface area contributed by atoms with Crippen LogP contribution in [0.5, 0.6) is 0 Å². The van der Waals surface area contributed by atoms with E-state index < -0.39 is 0 Å². The van der Waals surface area contributed by atoms with Gasteiger partial charge in [-0.25, -0.2) is 0 Å². The second-order valence-corrected chi connectivity index (χ2v) is 5.37. The number of nitrogens with zero attached hydrogens (tertiary/aromatic N) is 2. The highest BCUT2D eigenvalue weighted by Gasteiger charge is 2.27. The third-order valence-corrected chi connectivity index (χ3v) is 4.19. The van der Waals surface area contributed by atoms with Crippen LogP contribution in [0.3, 0.4) is 0 Å². The van der Waals surface area contributed by atoms with E-state index in [1.807, 2.05) is 6.07 Å². The molecule has 1 aliphatic heterocycles. The topological polar surface area (TPSA) is 23.6 Å². The van der Waals surface area contributed by atoms with Crippen molar-refractivity contribution in [2.75, 3.05) is 31.1 Å². The molecule has 1 atom stereocenters. The van der Waals surface area contributed by atoms with Gasteiger partial charge in [-0.1, -0.05) is 25.4 Å². The molecule has 0 spiro atoms. The molecule has 1 saturated heterocycles. The largest absolute Gasteiger partial charge is 0.369 e. The second kappa shape index (κ2) is 6.40. The van der Waals surface area contributed by atoms with Crippen LogP contribution in [0, 0.1) is 0 Å². The maximum absolute atomic E-state index is 11.1. The normalized spacial score (nSPS) is 19.2. The predicted octanol–water partition coefficient (Wildman–Crippen LogP) is 3.07. The number of anilines is 1. The highest BCUT2D eigenvalue weighted by Crippen LogP contribution is 2.28. The molecule has 1 heterocycles.